The maximum Gasteiger partial charge on any atom is 0.226 e. The largest absolute Gasteiger partial charge is 0.331 e. The number of carbonyl (C=O) groups excluding carboxylic acids is 1. The highest BCUT2D eigenvalue weighted by Crippen LogP contribution is 2.39. The molecule has 0 fully saturated rings. The van der Waals surface area contributed by atoms with E-state index in [-0.39, 0.29) is 23.7 Å². The number of nitrogens with zero attached hydrogens (tertiary/aromatic N) is 1. The van der Waals surface area contributed by atoms with Gasteiger partial charge in [-0.05, 0) is 54.0 Å². The van der Waals surface area contributed by atoms with Crippen molar-refractivity contribution in [2.45, 2.75) is 52.0 Å². The molecule has 1 amide bonds. The third-order valence-corrected chi connectivity index (χ3v) is 6.18. The van der Waals surface area contributed by atoms with Gasteiger partial charge in [-0.3, -0.25) is 4.79 Å². The zero-order chi connectivity index (χ0) is 17.8. The maximum absolute atomic E-state index is 13.4. The second kappa shape index (κ2) is 8.13. The van der Waals surface area contributed by atoms with Crippen molar-refractivity contribution in [3.05, 3.63) is 57.5 Å². The summed E-state index contributed by atoms with van der Waals surface area (Å²) >= 11 is 1.76. The Morgan fingerprint density at radius 1 is 1.28 bits per heavy atom. The molecule has 1 aromatic heterocycles. The van der Waals surface area contributed by atoms with Gasteiger partial charge in [0.15, 0.2) is 0 Å². The van der Waals surface area contributed by atoms with Gasteiger partial charge in [-0.2, -0.15) is 0 Å². The van der Waals surface area contributed by atoms with Gasteiger partial charge < -0.3 is 4.90 Å². The first kappa shape index (κ1) is 18.1. The lowest BCUT2D eigenvalue weighted by Gasteiger charge is -2.38. The van der Waals surface area contributed by atoms with Crippen LogP contribution in [0.5, 0.6) is 0 Å². The molecule has 0 radical (unpaired) electrons. The van der Waals surface area contributed by atoms with Gasteiger partial charge in [-0.1, -0.05) is 38.8 Å². The smallest absolute Gasteiger partial charge is 0.226 e. The highest BCUT2D eigenvalue weighted by molar-refractivity contribution is 7.10. The van der Waals surface area contributed by atoms with Gasteiger partial charge in [0.1, 0.15) is 5.82 Å². The molecular weight excluding hydrogens is 333 g/mol. The second-order valence-electron chi connectivity index (χ2n) is 6.78. The van der Waals surface area contributed by atoms with Crippen molar-refractivity contribution in [3.63, 3.8) is 0 Å². The molecule has 0 saturated heterocycles. The van der Waals surface area contributed by atoms with Gasteiger partial charge in [0, 0.05) is 17.3 Å². The molecular formula is C21H26FNOS. The zero-order valence-electron chi connectivity index (χ0n) is 15.0. The lowest BCUT2D eigenvalue weighted by molar-refractivity contribution is -0.138. The van der Waals surface area contributed by atoms with Crippen molar-refractivity contribution in [1.29, 1.82) is 0 Å². The van der Waals surface area contributed by atoms with Crippen LogP contribution in [0.3, 0.4) is 0 Å². The summed E-state index contributed by atoms with van der Waals surface area (Å²) in [5.74, 6) is 0.0996. The van der Waals surface area contributed by atoms with E-state index in [0.29, 0.717) is 0 Å². The minimum atomic E-state index is -0.239. The Bertz CT molecular complexity index is 709. The Hall–Kier alpha value is -1.68. The van der Waals surface area contributed by atoms with E-state index in [0.717, 1.165) is 44.2 Å². The summed E-state index contributed by atoms with van der Waals surface area (Å²) in [6.07, 6.45) is 4.94. The molecule has 3 rings (SSSR count). The molecule has 1 aromatic carbocycles. The number of carbonyl (C=O) groups is 1. The van der Waals surface area contributed by atoms with E-state index in [1.54, 1.807) is 11.3 Å². The molecule has 0 aliphatic carbocycles. The number of benzene rings is 1. The third kappa shape index (κ3) is 3.79. The molecule has 2 nitrogen and oxygen atoms in total. The normalized spacial score (nSPS) is 18.0. The Morgan fingerprint density at radius 3 is 2.72 bits per heavy atom. The summed E-state index contributed by atoms with van der Waals surface area (Å²) in [6.45, 7) is 5.01. The van der Waals surface area contributed by atoms with E-state index < -0.39 is 0 Å². The predicted molar refractivity (Wildman–Crippen MR) is 101 cm³/mol. The van der Waals surface area contributed by atoms with Crippen molar-refractivity contribution < 1.29 is 9.18 Å². The molecule has 0 unspecified atom stereocenters. The molecule has 25 heavy (non-hydrogen) atoms. The molecule has 1 aliphatic heterocycles. The third-order valence-electron chi connectivity index (χ3n) is 5.18. The van der Waals surface area contributed by atoms with Gasteiger partial charge in [-0.15, -0.1) is 11.3 Å². The molecule has 0 bridgehead atoms. The Balaban J connectivity index is 1.94. The van der Waals surface area contributed by atoms with Crippen LogP contribution in [0, 0.1) is 11.7 Å². The van der Waals surface area contributed by atoms with Crippen LogP contribution in [0.1, 0.15) is 61.6 Å². The minimum Gasteiger partial charge on any atom is -0.331 e. The van der Waals surface area contributed by atoms with Crippen LogP contribution in [-0.4, -0.2) is 17.4 Å². The van der Waals surface area contributed by atoms with E-state index in [4.69, 9.17) is 0 Å². The summed E-state index contributed by atoms with van der Waals surface area (Å²) in [7, 11) is 0. The summed E-state index contributed by atoms with van der Waals surface area (Å²) in [4.78, 5) is 16.7. The number of hydrogen-bond donors (Lipinski definition) is 0. The predicted octanol–water partition coefficient (Wildman–Crippen LogP) is 5.58. The fourth-order valence-electron chi connectivity index (χ4n) is 3.75. The average molecular weight is 360 g/mol. The summed E-state index contributed by atoms with van der Waals surface area (Å²) < 4.78 is 13.4. The van der Waals surface area contributed by atoms with E-state index in [1.165, 1.54) is 22.6 Å². The number of amides is 1. The monoisotopic (exact) mass is 359 g/mol. The fourth-order valence-corrected chi connectivity index (χ4v) is 4.65. The van der Waals surface area contributed by atoms with E-state index >= 15 is 0 Å². The molecule has 0 saturated carbocycles. The Labute approximate surface area is 153 Å². The van der Waals surface area contributed by atoms with Crippen LogP contribution >= 0.6 is 11.3 Å². The Kier molecular flexibility index (Phi) is 5.89. The number of fused-ring (bicyclic) bond motifs is 1. The maximum atomic E-state index is 13.4. The van der Waals surface area contributed by atoms with Crippen LogP contribution in [0.2, 0.25) is 0 Å². The molecule has 2 atom stereocenters. The summed E-state index contributed by atoms with van der Waals surface area (Å²) in [5.41, 5.74) is 2.21. The van der Waals surface area contributed by atoms with Crippen LogP contribution < -0.4 is 0 Å². The Morgan fingerprint density at radius 2 is 2.04 bits per heavy atom. The van der Waals surface area contributed by atoms with Gasteiger partial charge in [-0.25, -0.2) is 4.39 Å². The molecule has 1 aliphatic rings. The number of hydrogen-bond acceptors (Lipinski definition) is 2. The van der Waals surface area contributed by atoms with Crippen molar-refractivity contribution in [2.75, 3.05) is 6.54 Å². The molecule has 0 N–H and O–H groups in total. The van der Waals surface area contributed by atoms with Crippen molar-refractivity contribution in [1.82, 2.24) is 4.90 Å². The van der Waals surface area contributed by atoms with Crippen LogP contribution in [0.15, 0.2) is 35.7 Å². The first-order chi connectivity index (χ1) is 12.2. The molecule has 134 valence electrons. The molecule has 2 heterocycles. The number of thiophene rings is 1. The van der Waals surface area contributed by atoms with Gasteiger partial charge >= 0.3 is 0 Å². The molecule has 2 aromatic rings. The van der Waals surface area contributed by atoms with Gasteiger partial charge in [0.05, 0.1) is 6.04 Å². The zero-order valence-corrected chi connectivity index (χ0v) is 15.8. The number of rotatable bonds is 6. The molecule has 4 heteroatoms. The van der Waals surface area contributed by atoms with Crippen LogP contribution in [-0.2, 0) is 11.2 Å². The van der Waals surface area contributed by atoms with E-state index in [1.807, 2.05) is 17.0 Å². The number of unbranched alkanes of at least 4 members (excludes halogenated alkanes) is 1. The summed E-state index contributed by atoms with van der Waals surface area (Å²) in [6, 6.07) is 8.67. The molecule has 0 spiro atoms. The highest BCUT2D eigenvalue weighted by Gasteiger charge is 2.35. The first-order valence-electron chi connectivity index (χ1n) is 9.27. The standard InChI is InChI=1S/C21H26FNOS/c1-3-5-6-15(4-2)21(24)23-13-11-19-18(12-14-25-19)20(23)16-7-9-17(22)10-8-16/h7-10,12,14-15,20H,3-6,11,13H2,1-2H3/t15-,20+/m0/s1. The van der Waals surface area contributed by atoms with Crippen molar-refractivity contribution >= 4 is 17.2 Å². The van der Waals surface area contributed by atoms with E-state index in [9.17, 15) is 9.18 Å². The summed E-state index contributed by atoms with van der Waals surface area (Å²) in [5, 5.41) is 2.10. The lowest BCUT2D eigenvalue weighted by Crippen LogP contribution is -2.43. The van der Waals surface area contributed by atoms with Crippen molar-refractivity contribution in [2.24, 2.45) is 5.92 Å². The minimum absolute atomic E-state index is 0.0845. The van der Waals surface area contributed by atoms with Crippen LogP contribution in [0.4, 0.5) is 4.39 Å². The fraction of sp³-hybridized carbons (Fsp3) is 0.476. The second-order valence-corrected chi connectivity index (χ2v) is 7.78. The quantitative estimate of drug-likeness (QED) is 0.659. The lowest BCUT2D eigenvalue weighted by atomic mass is 9.90. The average Bonchev–Trinajstić information content (AvgIpc) is 3.11. The SMILES string of the molecule is CCCC[C@H](CC)C(=O)N1CCc2sccc2[C@H]1c1ccc(F)cc1. The first-order valence-corrected chi connectivity index (χ1v) is 10.2. The van der Waals surface area contributed by atoms with E-state index in [2.05, 4.69) is 25.3 Å². The number of halogens is 1. The van der Waals surface area contributed by atoms with Crippen molar-refractivity contribution in [3.8, 4) is 0 Å². The van der Waals surface area contributed by atoms with Gasteiger partial charge in [0.2, 0.25) is 5.91 Å². The highest BCUT2D eigenvalue weighted by atomic mass is 32.1. The van der Waals surface area contributed by atoms with Crippen LogP contribution in [0.25, 0.3) is 0 Å². The van der Waals surface area contributed by atoms with Gasteiger partial charge in [0.25, 0.3) is 0 Å². The topological polar surface area (TPSA) is 20.3 Å².